The van der Waals surface area contributed by atoms with Crippen molar-refractivity contribution in [3.05, 3.63) is 35.4 Å². The number of nitrogens with one attached hydrogen (secondary N) is 2. The lowest BCUT2D eigenvalue weighted by molar-refractivity contribution is 0.416. The molecule has 2 atom stereocenters. The van der Waals surface area contributed by atoms with E-state index in [0.717, 1.165) is 32.0 Å². The van der Waals surface area contributed by atoms with Crippen molar-refractivity contribution in [3.63, 3.8) is 0 Å². The maximum Gasteiger partial charge on any atom is 0.130 e. The van der Waals surface area contributed by atoms with E-state index in [9.17, 15) is 8.78 Å². The first-order valence-electron chi connectivity index (χ1n) is 6.03. The highest BCUT2D eigenvalue weighted by Crippen LogP contribution is 2.26. The Morgan fingerprint density at radius 2 is 2.29 bits per heavy atom. The molecule has 0 aliphatic carbocycles. The van der Waals surface area contributed by atoms with Gasteiger partial charge >= 0.3 is 0 Å². The minimum atomic E-state index is -0.524. The van der Waals surface area contributed by atoms with Gasteiger partial charge in [0.05, 0.1) is 0 Å². The number of rotatable bonds is 4. The molecule has 1 aliphatic rings. The zero-order valence-corrected chi connectivity index (χ0v) is 9.97. The Labute approximate surface area is 100 Å². The Bertz CT molecular complexity index is 376. The van der Waals surface area contributed by atoms with E-state index in [0.29, 0.717) is 11.5 Å². The molecule has 4 heteroatoms. The Hall–Kier alpha value is -1.00. The molecule has 1 saturated heterocycles. The maximum absolute atomic E-state index is 13.7. The molecule has 2 N–H and O–H groups in total. The monoisotopic (exact) mass is 240 g/mol. The molecule has 1 aromatic carbocycles. The molecule has 17 heavy (non-hydrogen) atoms. The summed E-state index contributed by atoms with van der Waals surface area (Å²) < 4.78 is 26.5. The molecule has 0 saturated carbocycles. The van der Waals surface area contributed by atoms with Crippen LogP contribution in [-0.2, 0) is 0 Å². The summed E-state index contributed by atoms with van der Waals surface area (Å²) in [6, 6.07) is 3.76. The van der Waals surface area contributed by atoms with Crippen molar-refractivity contribution >= 4 is 0 Å². The second-order valence-electron chi connectivity index (χ2n) is 4.60. The van der Waals surface area contributed by atoms with Crippen molar-refractivity contribution in [2.75, 3.05) is 20.1 Å². The van der Waals surface area contributed by atoms with E-state index >= 15 is 0 Å². The smallest absolute Gasteiger partial charge is 0.130 e. The van der Waals surface area contributed by atoms with Crippen LogP contribution in [0.1, 0.15) is 24.4 Å². The normalized spacial score (nSPS) is 21.7. The number of hydrogen-bond acceptors (Lipinski definition) is 2. The molecule has 0 aromatic heterocycles. The first-order chi connectivity index (χ1) is 8.20. The van der Waals surface area contributed by atoms with Gasteiger partial charge in [0.25, 0.3) is 0 Å². The van der Waals surface area contributed by atoms with E-state index < -0.39 is 11.6 Å². The summed E-state index contributed by atoms with van der Waals surface area (Å²) in [7, 11) is 1.82. The van der Waals surface area contributed by atoms with Crippen LogP contribution in [0.2, 0.25) is 0 Å². The first kappa shape index (κ1) is 12.5. The third-order valence-corrected chi connectivity index (χ3v) is 3.42. The molecule has 1 heterocycles. The molecule has 2 nitrogen and oxygen atoms in total. The van der Waals surface area contributed by atoms with E-state index in [4.69, 9.17) is 0 Å². The Balaban J connectivity index is 2.10. The van der Waals surface area contributed by atoms with Crippen molar-refractivity contribution in [1.29, 1.82) is 0 Å². The van der Waals surface area contributed by atoms with Crippen molar-refractivity contribution in [3.8, 4) is 0 Å². The molecule has 2 unspecified atom stereocenters. The Morgan fingerprint density at radius 1 is 1.47 bits per heavy atom. The topological polar surface area (TPSA) is 24.1 Å². The molecule has 1 aliphatic heterocycles. The van der Waals surface area contributed by atoms with E-state index in [2.05, 4.69) is 10.6 Å². The van der Waals surface area contributed by atoms with Gasteiger partial charge in [-0.25, -0.2) is 8.78 Å². The fourth-order valence-corrected chi connectivity index (χ4v) is 2.43. The first-order valence-corrected chi connectivity index (χ1v) is 6.03. The fourth-order valence-electron chi connectivity index (χ4n) is 2.43. The van der Waals surface area contributed by atoms with Crippen molar-refractivity contribution in [2.24, 2.45) is 5.92 Å². The van der Waals surface area contributed by atoms with Crippen LogP contribution in [0.5, 0.6) is 0 Å². The summed E-state index contributed by atoms with van der Waals surface area (Å²) in [4.78, 5) is 0. The zero-order valence-electron chi connectivity index (χ0n) is 9.97. The summed E-state index contributed by atoms with van der Waals surface area (Å²) in [6.07, 6.45) is 2.01. The van der Waals surface area contributed by atoms with Crippen LogP contribution in [0, 0.1) is 17.6 Å². The second kappa shape index (κ2) is 5.56. The zero-order chi connectivity index (χ0) is 12.3. The molecular formula is C13H18F2N2. The highest BCUT2D eigenvalue weighted by molar-refractivity contribution is 5.22. The average molecular weight is 240 g/mol. The number of hydrogen-bond donors (Lipinski definition) is 2. The van der Waals surface area contributed by atoms with Crippen LogP contribution >= 0.6 is 0 Å². The van der Waals surface area contributed by atoms with Gasteiger partial charge in [-0.15, -0.1) is 0 Å². The lowest BCUT2D eigenvalue weighted by Crippen LogP contribution is -2.22. The van der Waals surface area contributed by atoms with Gasteiger partial charge in [-0.05, 0) is 45.0 Å². The van der Waals surface area contributed by atoms with Crippen LogP contribution in [-0.4, -0.2) is 20.1 Å². The number of benzene rings is 1. The van der Waals surface area contributed by atoms with Crippen molar-refractivity contribution in [2.45, 2.75) is 18.9 Å². The Morgan fingerprint density at radius 3 is 2.88 bits per heavy atom. The van der Waals surface area contributed by atoms with E-state index in [1.54, 1.807) is 0 Å². The average Bonchev–Trinajstić information content (AvgIpc) is 2.79. The van der Waals surface area contributed by atoms with Crippen LogP contribution in [0.15, 0.2) is 18.2 Å². The quantitative estimate of drug-likeness (QED) is 0.843. The lowest BCUT2D eigenvalue weighted by Gasteiger charge is -2.20. The van der Waals surface area contributed by atoms with Gasteiger partial charge in [0, 0.05) is 17.7 Å². The van der Waals surface area contributed by atoms with E-state index in [1.807, 2.05) is 7.05 Å². The highest BCUT2D eigenvalue weighted by atomic mass is 19.1. The van der Waals surface area contributed by atoms with Gasteiger partial charge in [0.1, 0.15) is 11.6 Å². The van der Waals surface area contributed by atoms with Gasteiger partial charge in [0.2, 0.25) is 0 Å². The molecule has 1 aromatic rings. The molecule has 0 spiro atoms. The van der Waals surface area contributed by atoms with Crippen LogP contribution < -0.4 is 10.6 Å². The van der Waals surface area contributed by atoms with Crippen LogP contribution in [0.4, 0.5) is 8.78 Å². The molecule has 2 rings (SSSR count). The predicted octanol–water partition coefficient (Wildman–Crippen LogP) is 2.22. The second-order valence-corrected chi connectivity index (χ2v) is 4.60. The summed E-state index contributed by atoms with van der Waals surface area (Å²) in [5.41, 5.74) is 0.556. The largest absolute Gasteiger partial charge is 0.316 e. The summed E-state index contributed by atoms with van der Waals surface area (Å²) in [5, 5.41) is 6.41. The number of halogens is 2. The molecular weight excluding hydrogens is 222 g/mol. The van der Waals surface area contributed by atoms with E-state index in [-0.39, 0.29) is 6.04 Å². The molecule has 0 amide bonds. The fraction of sp³-hybridized carbons (Fsp3) is 0.538. The molecule has 0 bridgehead atoms. The van der Waals surface area contributed by atoms with Gasteiger partial charge in [-0.1, -0.05) is 6.07 Å². The summed E-state index contributed by atoms with van der Waals surface area (Å²) >= 11 is 0. The lowest BCUT2D eigenvalue weighted by atomic mass is 9.94. The minimum Gasteiger partial charge on any atom is -0.316 e. The van der Waals surface area contributed by atoms with Gasteiger partial charge < -0.3 is 10.6 Å². The minimum absolute atomic E-state index is 0.0412. The third kappa shape index (κ3) is 3.01. The highest BCUT2D eigenvalue weighted by Gasteiger charge is 2.22. The SMILES string of the molecule is CNC(CC1CCNC1)c1ccc(F)cc1F. The van der Waals surface area contributed by atoms with Crippen molar-refractivity contribution < 1.29 is 8.78 Å². The third-order valence-electron chi connectivity index (χ3n) is 3.42. The summed E-state index contributed by atoms with van der Waals surface area (Å²) in [5.74, 6) is -0.421. The summed E-state index contributed by atoms with van der Waals surface area (Å²) in [6.45, 7) is 2.02. The van der Waals surface area contributed by atoms with Crippen LogP contribution in [0.25, 0.3) is 0 Å². The molecule has 0 radical (unpaired) electrons. The predicted molar refractivity (Wildman–Crippen MR) is 63.8 cm³/mol. The molecule has 94 valence electrons. The van der Waals surface area contributed by atoms with Gasteiger partial charge in [0.15, 0.2) is 0 Å². The van der Waals surface area contributed by atoms with Gasteiger partial charge in [-0.2, -0.15) is 0 Å². The van der Waals surface area contributed by atoms with Crippen molar-refractivity contribution in [1.82, 2.24) is 10.6 Å². The Kier molecular flexibility index (Phi) is 4.07. The van der Waals surface area contributed by atoms with Crippen LogP contribution in [0.3, 0.4) is 0 Å². The van der Waals surface area contributed by atoms with Gasteiger partial charge in [-0.3, -0.25) is 0 Å². The van der Waals surface area contributed by atoms with E-state index in [1.165, 1.54) is 12.1 Å². The molecule has 1 fully saturated rings. The standard InChI is InChI=1S/C13H18F2N2/c1-16-13(6-9-4-5-17-8-9)11-3-2-10(14)7-12(11)15/h2-3,7,9,13,16-17H,4-6,8H2,1H3. The maximum atomic E-state index is 13.7.